The van der Waals surface area contributed by atoms with Crippen molar-refractivity contribution in [2.75, 3.05) is 0 Å². The Labute approximate surface area is 104 Å². The fourth-order valence-electron chi connectivity index (χ4n) is 1.43. The van der Waals surface area contributed by atoms with Gasteiger partial charge in [-0.15, -0.1) is 11.3 Å². The third-order valence-corrected chi connectivity index (χ3v) is 3.20. The zero-order chi connectivity index (χ0) is 12.3. The molecule has 2 rings (SSSR count). The number of carbonyl (C=O) groups excluding carboxylic acids is 1. The maximum atomic E-state index is 11.8. The highest BCUT2D eigenvalue weighted by molar-refractivity contribution is 7.09. The van der Waals surface area contributed by atoms with Gasteiger partial charge in [0, 0.05) is 24.3 Å². The summed E-state index contributed by atoms with van der Waals surface area (Å²) in [7, 11) is 0. The minimum Gasteiger partial charge on any atom is -0.347 e. The summed E-state index contributed by atoms with van der Waals surface area (Å²) in [4.78, 5) is 19.9. The molecule has 0 atom stereocenters. The van der Waals surface area contributed by atoms with E-state index in [4.69, 9.17) is 0 Å². The smallest absolute Gasteiger partial charge is 0.271 e. The van der Waals surface area contributed by atoms with E-state index in [-0.39, 0.29) is 5.91 Å². The van der Waals surface area contributed by atoms with E-state index in [9.17, 15) is 4.79 Å². The van der Waals surface area contributed by atoms with E-state index in [0.29, 0.717) is 12.2 Å². The van der Waals surface area contributed by atoms with Crippen LogP contribution in [0.1, 0.15) is 26.6 Å². The van der Waals surface area contributed by atoms with E-state index < -0.39 is 0 Å². The molecule has 2 aromatic heterocycles. The molecule has 0 aliphatic heterocycles. The van der Waals surface area contributed by atoms with Gasteiger partial charge >= 0.3 is 0 Å². The lowest BCUT2D eigenvalue weighted by atomic mass is 10.1. The van der Waals surface area contributed by atoms with E-state index >= 15 is 0 Å². The summed E-state index contributed by atoms with van der Waals surface area (Å²) in [5.41, 5.74) is 2.63. The van der Waals surface area contributed by atoms with Crippen molar-refractivity contribution >= 4 is 17.2 Å². The second-order valence-electron chi connectivity index (χ2n) is 3.74. The van der Waals surface area contributed by atoms with Gasteiger partial charge in [-0.05, 0) is 31.0 Å². The number of thiazole rings is 1. The first-order valence-electron chi connectivity index (χ1n) is 5.26. The first-order valence-corrected chi connectivity index (χ1v) is 6.14. The monoisotopic (exact) mass is 247 g/mol. The minimum absolute atomic E-state index is 0.134. The second kappa shape index (κ2) is 5.05. The molecule has 0 bridgehead atoms. The Hall–Kier alpha value is -1.75. The summed E-state index contributed by atoms with van der Waals surface area (Å²) in [6, 6.07) is 1.90. The minimum atomic E-state index is -0.134. The van der Waals surface area contributed by atoms with Gasteiger partial charge in [0.1, 0.15) is 5.69 Å². The zero-order valence-electron chi connectivity index (χ0n) is 9.73. The molecule has 0 radical (unpaired) electrons. The molecule has 0 saturated heterocycles. The summed E-state index contributed by atoms with van der Waals surface area (Å²) < 4.78 is 0. The standard InChI is InChI=1S/C12H13N3OS/c1-8-5-13-4-3-10(8)6-14-12(16)11-7-17-9(2)15-11/h3-5,7H,6H2,1-2H3,(H,14,16). The van der Waals surface area contributed by atoms with Gasteiger partial charge in [-0.3, -0.25) is 9.78 Å². The number of hydrogen-bond acceptors (Lipinski definition) is 4. The number of pyridine rings is 1. The van der Waals surface area contributed by atoms with E-state index in [1.165, 1.54) is 11.3 Å². The van der Waals surface area contributed by atoms with Crippen molar-refractivity contribution in [2.45, 2.75) is 20.4 Å². The molecule has 4 nitrogen and oxygen atoms in total. The predicted molar refractivity (Wildman–Crippen MR) is 67.0 cm³/mol. The highest BCUT2D eigenvalue weighted by Crippen LogP contribution is 2.09. The van der Waals surface area contributed by atoms with Crippen LogP contribution in [-0.4, -0.2) is 15.9 Å². The molecule has 0 aliphatic carbocycles. The lowest BCUT2D eigenvalue weighted by Gasteiger charge is -2.05. The number of rotatable bonds is 3. The molecule has 2 aromatic rings. The molecular formula is C12H13N3OS. The third kappa shape index (κ3) is 2.88. The van der Waals surface area contributed by atoms with Gasteiger partial charge in [-0.25, -0.2) is 4.98 Å². The van der Waals surface area contributed by atoms with E-state index in [1.807, 2.05) is 19.9 Å². The maximum Gasteiger partial charge on any atom is 0.271 e. The molecule has 2 heterocycles. The lowest BCUT2D eigenvalue weighted by Crippen LogP contribution is -2.23. The van der Waals surface area contributed by atoms with Crippen molar-refractivity contribution in [3.05, 3.63) is 45.7 Å². The van der Waals surface area contributed by atoms with Crippen LogP contribution in [0.3, 0.4) is 0 Å². The van der Waals surface area contributed by atoms with Crippen molar-refractivity contribution in [1.29, 1.82) is 0 Å². The van der Waals surface area contributed by atoms with Gasteiger partial charge in [-0.2, -0.15) is 0 Å². The number of aromatic nitrogens is 2. The fraction of sp³-hybridized carbons (Fsp3) is 0.250. The fourth-order valence-corrected chi connectivity index (χ4v) is 2.03. The average molecular weight is 247 g/mol. The molecule has 1 amide bonds. The van der Waals surface area contributed by atoms with Crippen LogP contribution >= 0.6 is 11.3 Å². The third-order valence-electron chi connectivity index (χ3n) is 2.43. The summed E-state index contributed by atoms with van der Waals surface area (Å²) >= 11 is 1.48. The molecule has 1 N–H and O–H groups in total. The molecule has 0 fully saturated rings. The molecule has 5 heteroatoms. The Morgan fingerprint density at radius 2 is 2.29 bits per heavy atom. The van der Waals surface area contributed by atoms with Gasteiger partial charge in [0.15, 0.2) is 0 Å². The van der Waals surface area contributed by atoms with Crippen LogP contribution in [0.25, 0.3) is 0 Å². The van der Waals surface area contributed by atoms with Crippen molar-refractivity contribution in [2.24, 2.45) is 0 Å². The molecule has 0 spiro atoms. The van der Waals surface area contributed by atoms with Crippen LogP contribution in [0.15, 0.2) is 23.8 Å². The van der Waals surface area contributed by atoms with Gasteiger partial charge < -0.3 is 5.32 Å². The van der Waals surface area contributed by atoms with E-state index in [1.54, 1.807) is 17.8 Å². The summed E-state index contributed by atoms with van der Waals surface area (Å²) in [5.74, 6) is -0.134. The topological polar surface area (TPSA) is 54.9 Å². The van der Waals surface area contributed by atoms with Gasteiger partial charge in [0.25, 0.3) is 5.91 Å². The first kappa shape index (κ1) is 11.7. The van der Waals surface area contributed by atoms with Crippen molar-refractivity contribution in [3.63, 3.8) is 0 Å². The van der Waals surface area contributed by atoms with Crippen LogP contribution < -0.4 is 5.32 Å². The molecule has 17 heavy (non-hydrogen) atoms. The van der Waals surface area contributed by atoms with E-state index in [2.05, 4.69) is 15.3 Å². The number of carbonyl (C=O) groups is 1. The quantitative estimate of drug-likeness (QED) is 0.903. The first-order chi connectivity index (χ1) is 8.16. The Morgan fingerprint density at radius 1 is 1.47 bits per heavy atom. The zero-order valence-corrected chi connectivity index (χ0v) is 10.5. The van der Waals surface area contributed by atoms with E-state index in [0.717, 1.165) is 16.1 Å². The van der Waals surface area contributed by atoms with Crippen LogP contribution in [-0.2, 0) is 6.54 Å². The SMILES string of the molecule is Cc1nc(C(=O)NCc2ccncc2C)cs1. The van der Waals surface area contributed by atoms with Crippen LogP contribution in [0.4, 0.5) is 0 Å². The van der Waals surface area contributed by atoms with Crippen LogP contribution in [0, 0.1) is 13.8 Å². The normalized spacial score (nSPS) is 10.2. The largest absolute Gasteiger partial charge is 0.347 e. The van der Waals surface area contributed by atoms with Crippen LogP contribution in [0.5, 0.6) is 0 Å². The maximum absolute atomic E-state index is 11.8. The number of nitrogens with one attached hydrogen (secondary N) is 1. The lowest BCUT2D eigenvalue weighted by molar-refractivity contribution is 0.0946. The Kier molecular flexibility index (Phi) is 3.49. The Morgan fingerprint density at radius 3 is 2.94 bits per heavy atom. The molecule has 0 aromatic carbocycles. The number of hydrogen-bond donors (Lipinski definition) is 1. The van der Waals surface area contributed by atoms with Gasteiger partial charge in [-0.1, -0.05) is 0 Å². The van der Waals surface area contributed by atoms with Crippen molar-refractivity contribution in [3.8, 4) is 0 Å². The number of aryl methyl sites for hydroxylation is 2. The molecule has 0 aliphatic rings. The Bertz CT molecular complexity index is 536. The molecule has 0 unspecified atom stereocenters. The molecule has 0 saturated carbocycles. The molecular weight excluding hydrogens is 234 g/mol. The predicted octanol–water partition coefficient (Wildman–Crippen LogP) is 2.08. The number of amides is 1. The summed E-state index contributed by atoms with van der Waals surface area (Å²) in [6.45, 7) is 4.36. The van der Waals surface area contributed by atoms with Gasteiger partial charge in [0.05, 0.1) is 5.01 Å². The van der Waals surface area contributed by atoms with Crippen molar-refractivity contribution in [1.82, 2.24) is 15.3 Å². The van der Waals surface area contributed by atoms with Gasteiger partial charge in [0.2, 0.25) is 0 Å². The highest BCUT2D eigenvalue weighted by atomic mass is 32.1. The number of nitrogens with zero attached hydrogens (tertiary/aromatic N) is 2. The Balaban J connectivity index is 1.99. The van der Waals surface area contributed by atoms with Crippen LogP contribution in [0.2, 0.25) is 0 Å². The molecule has 88 valence electrons. The van der Waals surface area contributed by atoms with Crippen molar-refractivity contribution < 1.29 is 4.79 Å². The second-order valence-corrected chi connectivity index (χ2v) is 4.80. The summed E-state index contributed by atoms with van der Waals surface area (Å²) in [6.07, 6.45) is 3.51. The highest BCUT2D eigenvalue weighted by Gasteiger charge is 2.09. The average Bonchev–Trinajstić information content (AvgIpc) is 2.74. The summed E-state index contributed by atoms with van der Waals surface area (Å²) in [5, 5.41) is 5.51.